The van der Waals surface area contributed by atoms with E-state index < -0.39 is 28.6 Å². The van der Waals surface area contributed by atoms with Crippen LogP contribution in [0.2, 0.25) is 0 Å². The fourth-order valence-electron chi connectivity index (χ4n) is 1.51. The number of para-hydroxylation sites is 1. The number of nitrogens with zero attached hydrogens (tertiary/aromatic N) is 1. The van der Waals surface area contributed by atoms with Gasteiger partial charge in [0, 0.05) is 7.05 Å². The van der Waals surface area contributed by atoms with Crippen LogP contribution in [-0.4, -0.2) is 50.6 Å². The molecule has 0 aliphatic carbocycles. The number of likely N-dealkylation sites (N-methyl/N-ethyl adjacent to an activating group) is 1. The minimum atomic E-state index is -3.99. The van der Waals surface area contributed by atoms with Gasteiger partial charge in [0.1, 0.15) is 10.9 Å². The number of ether oxygens (including phenoxy) is 1. The van der Waals surface area contributed by atoms with Gasteiger partial charge in [-0.1, -0.05) is 12.1 Å². The van der Waals surface area contributed by atoms with Gasteiger partial charge in [0.15, 0.2) is 0 Å². The molecule has 1 aromatic carbocycles. The molecule has 1 aromatic rings. The molecular weight excluding hydrogens is 272 g/mol. The summed E-state index contributed by atoms with van der Waals surface area (Å²) in [6.07, 6.45) is 0. The van der Waals surface area contributed by atoms with Gasteiger partial charge >= 0.3 is 5.97 Å². The zero-order valence-corrected chi connectivity index (χ0v) is 11.4. The number of anilines is 1. The third kappa shape index (κ3) is 3.03. The summed E-state index contributed by atoms with van der Waals surface area (Å²) in [4.78, 5) is 11.3. The first-order valence-corrected chi connectivity index (χ1v) is 6.81. The lowest BCUT2D eigenvalue weighted by atomic mass is 10.3. The van der Waals surface area contributed by atoms with Crippen molar-refractivity contribution in [2.45, 2.75) is 10.9 Å². The van der Waals surface area contributed by atoms with Gasteiger partial charge in [-0.25, -0.2) is 8.42 Å². The van der Waals surface area contributed by atoms with E-state index in [0.29, 0.717) is 0 Å². The number of nitrogen functional groups attached to an aromatic ring is 1. The lowest BCUT2D eigenvalue weighted by Gasteiger charge is -2.24. The van der Waals surface area contributed by atoms with E-state index in [0.717, 1.165) is 11.4 Å². The second-order valence-electron chi connectivity index (χ2n) is 3.78. The lowest BCUT2D eigenvalue weighted by Crippen LogP contribution is -2.45. The highest BCUT2D eigenvalue weighted by Gasteiger charge is 2.34. The number of carbonyl (C=O) groups excluding carboxylic acids is 1. The number of benzene rings is 1. The van der Waals surface area contributed by atoms with Gasteiger partial charge in [-0.2, -0.15) is 4.31 Å². The van der Waals surface area contributed by atoms with E-state index in [1.807, 2.05) is 0 Å². The van der Waals surface area contributed by atoms with Crippen molar-refractivity contribution in [3.05, 3.63) is 24.3 Å². The number of nitrogens with two attached hydrogens (primary N) is 1. The molecule has 0 saturated carbocycles. The standard InChI is InChI=1S/C11H16N2O5S/c1-13(9(7-14)11(15)18-2)19(16,17)10-6-4-3-5-8(10)12/h3-6,9,14H,7,12H2,1-2H3/t9-/m1/s1. The molecule has 8 heteroatoms. The van der Waals surface area contributed by atoms with Gasteiger partial charge in [-0.05, 0) is 12.1 Å². The average molecular weight is 288 g/mol. The molecule has 0 bridgehead atoms. The molecule has 0 fully saturated rings. The normalized spacial score (nSPS) is 13.3. The molecule has 0 aliphatic heterocycles. The van der Waals surface area contributed by atoms with E-state index in [-0.39, 0.29) is 10.6 Å². The number of esters is 1. The molecule has 0 unspecified atom stereocenters. The van der Waals surface area contributed by atoms with E-state index in [1.165, 1.54) is 25.2 Å². The number of carbonyl (C=O) groups is 1. The van der Waals surface area contributed by atoms with Gasteiger partial charge in [0.05, 0.1) is 19.4 Å². The van der Waals surface area contributed by atoms with Crippen LogP contribution in [0.4, 0.5) is 5.69 Å². The molecule has 0 spiro atoms. The number of hydrogen-bond acceptors (Lipinski definition) is 6. The number of aliphatic hydroxyl groups excluding tert-OH is 1. The topological polar surface area (TPSA) is 110 Å². The molecule has 1 atom stereocenters. The third-order valence-electron chi connectivity index (χ3n) is 2.66. The van der Waals surface area contributed by atoms with E-state index >= 15 is 0 Å². The fraction of sp³-hybridized carbons (Fsp3) is 0.364. The molecule has 0 aromatic heterocycles. The van der Waals surface area contributed by atoms with Crippen LogP contribution in [0.15, 0.2) is 29.2 Å². The Bertz CT molecular complexity index is 558. The van der Waals surface area contributed by atoms with Crippen LogP contribution in [-0.2, 0) is 19.6 Å². The summed E-state index contributed by atoms with van der Waals surface area (Å²) in [5.41, 5.74) is 5.68. The molecule has 0 aliphatic rings. The fourth-order valence-corrected chi connectivity index (χ4v) is 2.93. The maximum atomic E-state index is 12.3. The monoisotopic (exact) mass is 288 g/mol. The largest absolute Gasteiger partial charge is 0.468 e. The summed E-state index contributed by atoms with van der Waals surface area (Å²) in [6, 6.07) is 4.57. The molecular formula is C11H16N2O5S. The van der Waals surface area contributed by atoms with Crippen molar-refractivity contribution in [1.82, 2.24) is 4.31 Å². The Labute approximate surface area is 111 Å². The summed E-state index contributed by atoms with van der Waals surface area (Å²) in [5, 5.41) is 9.14. The van der Waals surface area contributed by atoms with Crippen LogP contribution in [0.5, 0.6) is 0 Å². The van der Waals surface area contributed by atoms with Crippen LogP contribution in [0.25, 0.3) is 0 Å². The van der Waals surface area contributed by atoms with Gasteiger partial charge < -0.3 is 15.6 Å². The molecule has 0 saturated heterocycles. The van der Waals surface area contributed by atoms with Crippen molar-refractivity contribution >= 4 is 21.7 Å². The SMILES string of the molecule is COC(=O)[C@@H](CO)N(C)S(=O)(=O)c1ccccc1N. The van der Waals surface area contributed by atoms with Crippen LogP contribution < -0.4 is 5.73 Å². The van der Waals surface area contributed by atoms with Crippen LogP contribution in [0.1, 0.15) is 0 Å². The zero-order valence-electron chi connectivity index (χ0n) is 10.6. The lowest BCUT2D eigenvalue weighted by molar-refractivity contribution is -0.146. The number of rotatable bonds is 5. The summed E-state index contributed by atoms with van der Waals surface area (Å²) < 4.78 is 29.8. The van der Waals surface area contributed by atoms with Crippen molar-refractivity contribution in [3.63, 3.8) is 0 Å². The van der Waals surface area contributed by atoms with Crippen LogP contribution in [0, 0.1) is 0 Å². The Hall–Kier alpha value is -1.64. The summed E-state index contributed by atoms with van der Waals surface area (Å²) in [5.74, 6) is -0.844. The van der Waals surface area contributed by atoms with Gasteiger partial charge in [0.25, 0.3) is 0 Å². The minimum Gasteiger partial charge on any atom is -0.468 e. The summed E-state index contributed by atoms with van der Waals surface area (Å²) >= 11 is 0. The van der Waals surface area contributed by atoms with Gasteiger partial charge in [-0.15, -0.1) is 0 Å². The molecule has 0 heterocycles. The highest BCUT2D eigenvalue weighted by Crippen LogP contribution is 2.22. The van der Waals surface area contributed by atoms with Crippen molar-refractivity contribution in [1.29, 1.82) is 0 Å². The number of hydrogen-bond donors (Lipinski definition) is 2. The number of aliphatic hydroxyl groups is 1. The summed E-state index contributed by atoms with van der Waals surface area (Å²) in [7, 11) is -1.70. The van der Waals surface area contributed by atoms with Crippen molar-refractivity contribution in [2.75, 3.05) is 26.5 Å². The second kappa shape index (κ2) is 6.00. The van der Waals surface area contributed by atoms with Crippen molar-refractivity contribution in [3.8, 4) is 0 Å². The van der Waals surface area contributed by atoms with Crippen molar-refractivity contribution < 1.29 is 23.1 Å². The predicted octanol–water partition coefficient (Wildman–Crippen LogP) is -0.577. The first-order chi connectivity index (χ1) is 8.86. The maximum Gasteiger partial charge on any atom is 0.326 e. The minimum absolute atomic E-state index is 0.0657. The highest BCUT2D eigenvalue weighted by molar-refractivity contribution is 7.89. The second-order valence-corrected chi connectivity index (χ2v) is 5.75. The Morgan fingerprint density at radius 2 is 2.05 bits per heavy atom. The van der Waals surface area contributed by atoms with E-state index in [1.54, 1.807) is 6.07 Å². The molecule has 19 heavy (non-hydrogen) atoms. The number of sulfonamides is 1. The van der Waals surface area contributed by atoms with E-state index in [4.69, 9.17) is 10.8 Å². The van der Waals surface area contributed by atoms with E-state index in [2.05, 4.69) is 4.74 Å². The first-order valence-electron chi connectivity index (χ1n) is 5.37. The Morgan fingerprint density at radius 3 is 2.53 bits per heavy atom. The van der Waals surface area contributed by atoms with Crippen LogP contribution >= 0.6 is 0 Å². The summed E-state index contributed by atoms with van der Waals surface area (Å²) in [6.45, 7) is -0.685. The zero-order chi connectivity index (χ0) is 14.6. The molecule has 3 N–H and O–H groups in total. The Kier molecular flexibility index (Phi) is 4.87. The van der Waals surface area contributed by atoms with Crippen molar-refractivity contribution in [2.24, 2.45) is 0 Å². The molecule has 0 amide bonds. The Morgan fingerprint density at radius 1 is 1.47 bits per heavy atom. The molecule has 7 nitrogen and oxygen atoms in total. The average Bonchev–Trinajstić information content (AvgIpc) is 2.39. The van der Waals surface area contributed by atoms with Gasteiger partial charge in [-0.3, -0.25) is 4.79 Å². The van der Waals surface area contributed by atoms with Crippen LogP contribution in [0.3, 0.4) is 0 Å². The Balaban J connectivity index is 3.20. The number of methoxy groups -OCH3 is 1. The van der Waals surface area contributed by atoms with Gasteiger partial charge in [0.2, 0.25) is 10.0 Å². The molecule has 106 valence electrons. The predicted molar refractivity (Wildman–Crippen MR) is 68.7 cm³/mol. The highest BCUT2D eigenvalue weighted by atomic mass is 32.2. The molecule has 1 rings (SSSR count). The quantitative estimate of drug-likeness (QED) is 0.554. The third-order valence-corrected chi connectivity index (χ3v) is 4.60. The molecule has 0 radical (unpaired) electrons. The smallest absolute Gasteiger partial charge is 0.326 e. The maximum absolute atomic E-state index is 12.3. The van der Waals surface area contributed by atoms with E-state index in [9.17, 15) is 13.2 Å². The first kappa shape index (κ1) is 15.4.